The van der Waals surface area contributed by atoms with Gasteiger partial charge < -0.3 is 4.90 Å². The number of carbonyl (C=O) groups is 1. The van der Waals surface area contributed by atoms with Crippen molar-refractivity contribution in [3.63, 3.8) is 0 Å². The molecule has 0 spiro atoms. The molecule has 15 heavy (non-hydrogen) atoms. The van der Waals surface area contributed by atoms with Crippen molar-refractivity contribution in [2.45, 2.75) is 25.3 Å². The quantitative estimate of drug-likeness (QED) is 0.706. The van der Waals surface area contributed by atoms with Gasteiger partial charge in [-0.1, -0.05) is 0 Å². The Kier molecular flexibility index (Phi) is 1.97. The van der Waals surface area contributed by atoms with Crippen LogP contribution in [0.5, 0.6) is 0 Å². The molecule has 0 bridgehead atoms. The Hall–Kier alpha value is -1.39. The summed E-state index contributed by atoms with van der Waals surface area (Å²) in [5.74, 6) is 0.666. The lowest BCUT2D eigenvalue weighted by Gasteiger charge is -2.15. The number of hydrogen-bond acceptors (Lipinski definition) is 3. The van der Waals surface area contributed by atoms with Crippen LogP contribution in [0.15, 0.2) is 12.4 Å². The topological polar surface area (TPSA) is 51.0 Å². The first-order valence-electron chi connectivity index (χ1n) is 5.49. The average molecular weight is 206 g/mol. The van der Waals surface area contributed by atoms with Crippen LogP contribution >= 0.6 is 0 Å². The summed E-state index contributed by atoms with van der Waals surface area (Å²) in [5.41, 5.74) is 0. The van der Waals surface area contributed by atoms with Crippen LogP contribution in [0.3, 0.4) is 0 Å². The van der Waals surface area contributed by atoms with E-state index in [1.807, 2.05) is 4.90 Å². The lowest BCUT2D eigenvalue weighted by Crippen LogP contribution is -2.30. The van der Waals surface area contributed by atoms with Crippen molar-refractivity contribution in [3.05, 3.63) is 12.4 Å². The fourth-order valence-electron chi connectivity index (χ4n) is 2.13. The van der Waals surface area contributed by atoms with Crippen molar-refractivity contribution < 1.29 is 4.79 Å². The Bertz CT molecular complexity index is 358. The van der Waals surface area contributed by atoms with Crippen molar-refractivity contribution >= 4 is 5.91 Å². The first kappa shape index (κ1) is 8.88. The molecule has 1 saturated carbocycles. The summed E-state index contributed by atoms with van der Waals surface area (Å²) < 4.78 is 0. The fraction of sp³-hybridized carbons (Fsp3) is 0.700. The van der Waals surface area contributed by atoms with Crippen molar-refractivity contribution in [1.29, 1.82) is 0 Å². The van der Waals surface area contributed by atoms with E-state index >= 15 is 0 Å². The van der Waals surface area contributed by atoms with Crippen LogP contribution in [0.2, 0.25) is 0 Å². The normalized spacial score (nSPS) is 25.9. The number of aromatic nitrogens is 3. The van der Waals surface area contributed by atoms with Gasteiger partial charge in [0.25, 0.3) is 0 Å². The molecule has 1 aromatic heterocycles. The van der Waals surface area contributed by atoms with Crippen molar-refractivity contribution in [2.24, 2.45) is 5.92 Å². The molecule has 1 saturated heterocycles. The smallest absolute Gasteiger partial charge is 0.225 e. The predicted molar refractivity (Wildman–Crippen MR) is 53.0 cm³/mol. The fourth-order valence-corrected chi connectivity index (χ4v) is 2.13. The molecule has 3 rings (SSSR count). The van der Waals surface area contributed by atoms with E-state index in [9.17, 15) is 4.79 Å². The van der Waals surface area contributed by atoms with Gasteiger partial charge in [-0.15, -0.1) is 0 Å². The summed E-state index contributed by atoms with van der Waals surface area (Å²) in [7, 11) is 0. The third kappa shape index (κ3) is 1.62. The van der Waals surface area contributed by atoms with E-state index in [2.05, 4.69) is 10.2 Å². The second-order valence-electron chi connectivity index (χ2n) is 4.35. The predicted octanol–water partition coefficient (Wildman–Crippen LogP) is 0.462. The highest BCUT2D eigenvalue weighted by Gasteiger charge is 2.37. The molecular weight excluding hydrogens is 192 g/mol. The Labute approximate surface area is 88.1 Å². The Morgan fingerprint density at radius 2 is 1.93 bits per heavy atom. The van der Waals surface area contributed by atoms with E-state index < -0.39 is 0 Å². The van der Waals surface area contributed by atoms with Gasteiger partial charge in [0, 0.05) is 19.0 Å². The van der Waals surface area contributed by atoms with Crippen molar-refractivity contribution in [1.82, 2.24) is 19.9 Å². The molecule has 0 N–H and O–H groups in total. The van der Waals surface area contributed by atoms with Crippen molar-refractivity contribution in [3.8, 4) is 0 Å². The molecule has 1 aliphatic heterocycles. The number of carbonyl (C=O) groups excluding carboxylic acids is 1. The minimum Gasteiger partial charge on any atom is -0.340 e. The molecule has 80 valence electrons. The third-order valence-corrected chi connectivity index (χ3v) is 3.16. The Morgan fingerprint density at radius 3 is 2.60 bits per heavy atom. The maximum absolute atomic E-state index is 11.8. The molecule has 1 atom stereocenters. The molecule has 5 nitrogen and oxygen atoms in total. The van der Waals surface area contributed by atoms with E-state index in [-0.39, 0.29) is 6.04 Å². The van der Waals surface area contributed by atoms with Gasteiger partial charge in [-0.2, -0.15) is 15.0 Å². The van der Waals surface area contributed by atoms with Crippen LogP contribution in [0, 0.1) is 5.92 Å². The van der Waals surface area contributed by atoms with E-state index in [0.717, 1.165) is 32.4 Å². The zero-order valence-electron chi connectivity index (χ0n) is 8.54. The molecule has 1 aromatic rings. The molecule has 1 amide bonds. The molecule has 2 heterocycles. The standard InChI is InChI=1S/C10H14N4O/c15-10(8-1-2-8)13-6-3-9(7-13)14-11-4-5-12-14/h4-5,8-9H,1-3,6-7H2/t9-/m1/s1. The molecule has 2 aliphatic rings. The summed E-state index contributed by atoms with van der Waals surface area (Å²) in [4.78, 5) is 15.5. The summed E-state index contributed by atoms with van der Waals surface area (Å²) in [6, 6.07) is 0.280. The van der Waals surface area contributed by atoms with Gasteiger partial charge in [0.1, 0.15) is 0 Å². The van der Waals surface area contributed by atoms with Gasteiger partial charge in [0.05, 0.1) is 18.4 Å². The summed E-state index contributed by atoms with van der Waals surface area (Å²) in [6.07, 6.45) is 6.52. The Balaban J connectivity index is 1.65. The molecular formula is C10H14N4O. The summed E-state index contributed by atoms with van der Waals surface area (Å²) in [5, 5.41) is 8.24. The highest BCUT2D eigenvalue weighted by Crippen LogP contribution is 2.33. The highest BCUT2D eigenvalue weighted by atomic mass is 16.2. The highest BCUT2D eigenvalue weighted by molar-refractivity contribution is 5.81. The van der Waals surface area contributed by atoms with Crippen LogP contribution in [0.25, 0.3) is 0 Å². The van der Waals surface area contributed by atoms with E-state index in [1.54, 1.807) is 17.2 Å². The van der Waals surface area contributed by atoms with E-state index in [4.69, 9.17) is 0 Å². The van der Waals surface area contributed by atoms with Gasteiger partial charge in [-0.05, 0) is 19.3 Å². The van der Waals surface area contributed by atoms with E-state index in [1.165, 1.54) is 0 Å². The molecule has 2 fully saturated rings. The minimum absolute atomic E-state index is 0.280. The molecule has 0 aromatic carbocycles. The first-order valence-corrected chi connectivity index (χ1v) is 5.49. The van der Waals surface area contributed by atoms with Crippen LogP contribution in [-0.4, -0.2) is 38.9 Å². The minimum atomic E-state index is 0.280. The zero-order valence-corrected chi connectivity index (χ0v) is 8.54. The van der Waals surface area contributed by atoms with Crippen LogP contribution in [0.4, 0.5) is 0 Å². The first-order chi connectivity index (χ1) is 7.34. The SMILES string of the molecule is O=C(C1CC1)N1CC[C@@H](n2nccn2)C1. The van der Waals surface area contributed by atoms with Gasteiger partial charge in [-0.25, -0.2) is 0 Å². The second kappa shape index (κ2) is 3.32. The van der Waals surface area contributed by atoms with Crippen molar-refractivity contribution in [2.75, 3.05) is 13.1 Å². The maximum Gasteiger partial charge on any atom is 0.225 e. The largest absolute Gasteiger partial charge is 0.340 e. The summed E-state index contributed by atoms with van der Waals surface area (Å²) in [6.45, 7) is 1.64. The monoisotopic (exact) mass is 206 g/mol. The average Bonchev–Trinajstić information content (AvgIpc) is 2.80. The summed E-state index contributed by atoms with van der Waals surface area (Å²) >= 11 is 0. The van der Waals surface area contributed by atoms with Gasteiger partial charge >= 0.3 is 0 Å². The second-order valence-corrected chi connectivity index (χ2v) is 4.35. The van der Waals surface area contributed by atoms with Crippen LogP contribution in [-0.2, 0) is 4.79 Å². The van der Waals surface area contributed by atoms with Crippen LogP contribution < -0.4 is 0 Å². The van der Waals surface area contributed by atoms with Gasteiger partial charge in [0.15, 0.2) is 0 Å². The molecule has 5 heteroatoms. The maximum atomic E-state index is 11.8. The number of rotatable bonds is 2. The van der Waals surface area contributed by atoms with Gasteiger partial charge in [0.2, 0.25) is 5.91 Å². The molecule has 0 radical (unpaired) electrons. The molecule has 0 unspecified atom stereocenters. The third-order valence-electron chi connectivity index (χ3n) is 3.16. The zero-order chi connectivity index (χ0) is 10.3. The van der Waals surface area contributed by atoms with Gasteiger partial charge in [-0.3, -0.25) is 4.79 Å². The number of nitrogens with zero attached hydrogens (tertiary/aromatic N) is 4. The lowest BCUT2D eigenvalue weighted by atomic mass is 10.3. The number of likely N-dealkylation sites (tertiary alicyclic amines) is 1. The number of hydrogen-bond donors (Lipinski definition) is 0. The lowest BCUT2D eigenvalue weighted by molar-refractivity contribution is -0.131. The molecule has 1 aliphatic carbocycles. The Morgan fingerprint density at radius 1 is 1.20 bits per heavy atom. The number of amides is 1. The van der Waals surface area contributed by atoms with E-state index in [0.29, 0.717) is 11.8 Å². The van der Waals surface area contributed by atoms with Crippen LogP contribution in [0.1, 0.15) is 25.3 Å².